The molecule has 2 N–H and O–H groups in total. The van der Waals surface area contributed by atoms with Crippen LogP contribution in [-0.4, -0.2) is 27.7 Å². The Labute approximate surface area is 82.3 Å². The zero-order valence-electron chi connectivity index (χ0n) is 7.75. The van der Waals surface area contributed by atoms with E-state index in [9.17, 15) is 4.79 Å². The van der Waals surface area contributed by atoms with Gasteiger partial charge in [0.05, 0.1) is 4.87 Å². The molecular weight excluding hydrogens is 186 g/mol. The standard InChI is InChI=1S/C9H15NO2S/c1-2-9(6-3-4-6)10-7(5-13-9)8(11)12/h6-7,10H,2-5H2,1H3,(H,11,12)/t7-,9?/m0/s1. The highest BCUT2D eigenvalue weighted by Gasteiger charge is 2.50. The first-order valence-electron chi connectivity index (χ1n) is 4.82. The number of thioether (sulfide) groups is 1. The van der Waals surface area contributed by atoms with Crippen LogP contribution in [0, 0.1) is 5.92 Å². The van der Waals surface area contributed by atoms with Crippen molar-refractivity contribution >= 4 is 17.7 Å². The average Bonchev–Trinajstić information content (AvgIpc) is 2.86. The summed E-state index contributed by atoms with van der Waals surface area (Å²) in [4.78, 5) is 10.9. The molecule has 2 atom stereocenters. The minimum atomic E-state index is -0.705. The fourth-order valence-corrected chi connectivity index (χ4v) is 3.61. The van der Waals surface area contributed by atoms with Gasteiger partial charge in [0.15, 0.2) is 0 Å². The zero-order chi connectivity index (χ0) is 9.47. The van der Waals surface area contributed by atoms with Crippen LogP contribution in [-0.2, 0) is 4.79 Å². The van der Waals surface area contributed by atoms with Gasteiger partial charge in [-0.15, -0.1) is 11.8 Å². The van der Waals surface area contributed by atoms with Gasteiger partial charge in [-0.25, -0.2) is 0 Å². The van der Waals surface area contributed by atoms with Gasteiger partial charge in [-0.3, -0.25) is 10.1 Å². The van der Waals surface area contributed by atoms with Crippen LogP contribution in [0.5, 0.6) is 0 Å². The lowest BCUT2D eigenvalue weighted by Gasteiger charge is -2.27. The van der Waals surface area contributed by atoms with Crippen LogP contribution >= 0.6 is 11.8 Å². The molecule has 2 fully saturated rings. The van der Waals surface area contributed by atoms with Crippen LogP contribution < -0.4 is 5.32 Å². The smallest absolute Gasteiger partial charge is 0.321 e. The molecule has 0 aromatic carbocycles. The van der Waals surface area contributed by atoms with Gasteiger partial charge >= 0.3 is 5.97 Å². The van der Waals surface area contributed by atoms with Crippen LogP contribution in [0.15, 0.2) is 0 Å². The summed E-state index contributed by atoms with van der Waals surface area (Å²) in [5.74, 6) is 0.731. The third-order valence-electron chi connectivity index (χ3n) is 2.99. The summed E-state index contributed by atoms with van der Waals surface area (Å²) < 4.78 is 0. The third kappa shape index (κ3) is 1.57. The Morgan fingerprint density at radius 3 is 2.77 bits per heavy atom. The van der Waals surface area contributed by atoms with Crippen LogP contribution in [0.3, 0.4) is 0 Å². The molecule has 0 radical (unpaired) electrons. The number of hydrogen-bond acceptors (Lipinski definition) is 3. The molecule has 1 saturated heterocycles. The van der Waals surface area contributed by atoms with E-state index in [4.69, 9.17) is 5.11 Å². The van der Waals surface area contributed by atoms with Crippen LogP contribution in [0.2, 0.25) is 0 Å². The van der Waals surface area contributed by atoms with E-state index in [2.05, 4.69) is 12.2 Å². The summed E-state index contributed by atoms with van der Waals surface area (Å²) in [6.07, 6.45) is 3.56. The van der Waals surface area contributed by atoms with Gasteiger partial charge in [-0.05, 0) is 25.2 Å². The first-order valence-corrected chi connectivity index (χ1v) is 5.81. The van der Waals surface area contributed by atoms with Gasteiger partial charge in [0, 0.05) is 5.75 Å². The molecule has 1 saturated carbocycles. The predicted octanol–water partition coefficient (Wildman–Crippen LogP) is 1.29. The third-order valence-corrected chi connectivity index (χ3v) is 4.74. The lowest BCUT2D eigenvalue weighted by Crippen LogP contribution is -2.46. The Hall–Kier alpha value is -0.220. The molecule has 1 aliphatic heterocycles. The Morgan fingerprint density at radius 2 is 2.38 bits per heavy atom. The molecule has 0 bridgehead atoms. The van der Waals surface area contributed by atoms with Crippen molar-refractivity contribution in [1.82, 2.24) is 5.32 Å². The lowest BCUT2D eigenvalue weighted by molar-refractivity contribution is -0.138. The summed E-state index contributed by atoms with van der Waals surface area (Å²) in [6.45, 7) is 2.14. The monoisotopic (exact) mass is 201 g/mol. The molecule has 74 valence electrons. The Bertz CT molecular complexity index is 230. The lowest BCUT2D eigenvalue weighted by atomic mass is 10.1. The fraction of sp³-hybridized carbons (Fsp3) is 0.889. The number of aliphatic carboxylic acids is 1. The van der Waals surface area contributed by atoms with Crippen LogP contribution in [0.4, 0.5) is 0 Å². The second kappa shape index (κ2) is 3.17. The van der Waals surface area contributed by atoms with Gasteiger partial charge in [-0.2, -0.15) is 0 Å². The topological polar surface area (TPSA) is 49.3 Å². The molecule has 0 aromatic rings. The number of carbonyl (C=O) groups is 1. The van der Waals surface area contributed by atoms with E-state index in [0.717, 1.165) is 12.2 Å². The van der Waals surface area contributed by atoms with E-state index in [1.165, 1.54) is 12.8 Å². The van der Waals surface area contributed by atoms with Gasteiger partial charge in [0.2, 0.25) is 0 Å². The molecule has 4 heteroatoms. The summed E-state index contributed by atoms with van der Waals surface area (Å²) in [5.41, 5.74) is 0. The molecule has 1 heterocycles. The number of nitrogens with one attached hydrogen (secondary N) is 1. The molecule has 3 nitrogen and oxygen atoms in total. The van der Waals surface area contributed by atoms with E-state index in [0.29, 0.717) is 5.92 Å². The molecule has 0 aromatic heterocycles. The maximum Gasteiger partial charge on any atom is 0.321 e. The van der Waals surface area contributed by atoms with Crippen molar-refractivity contribution < 1.29 is 9.90 Å². The van der Waals surface area contributed by atoms with Gasteiger partial charge in [0.1, 0.15) is 6.04 Å². The van der Waals surface area contributed by atoms with Crippen molar-refractivity contribution in [1.29, 1.82) is 0 Å². The fourth-order valence-electron chi connectivity index (χ4n) is 2.02. The van der Waals surface area contributed by atoms with Gasteiger partial charge in [0.25, 0.3) is 0 Å². The van der Waals surface area contributed by atoms with Gasteiger partial charge in [-0.1, -0.05) is 6.92 Å². The largest absolute Gasteiger partial charge is 0.480 e. The molecular formula is C9H15NO2S. The number of carboxylic acid groups (broad SMARTS) is 1. The summed E-state index contributed by atoms with van der Waals surface area (Å²) in [5, 5.41) is 12.1. The molecule has 0 spiro atoms. The minimum absolute atomic E-state index is 0.0864. The number of rotatable bonds is 3. The second-order valence-electron chi connectivity index (χ2n) is 3.86. The summed E-state index contributed by atoms with van der Waals surface area (Å²) in [7, 11) is 0. The van der Waals surface area contributed by atoms with Crippen molar-refractivity contribution in [2.75, 3.05) is 5.75 Å². The summed E-state index contributed by atoms with van der Waals surface area (Å²) in [6, 6.07) is -0.328. The van der Waals surface area contributed by atoms with Gasteiger partial charge < -0.3 is 5.11 Å². The van der Waals surface area contributed by atoms with Crippen LogP contribution in [0.25, 0.3) is 0 Å². The first kappa shape index (κ1) is 9.34. The molecule has 2 rings (SSSR count). The molecule has 1 unspecified atom stereocenters. The van der Waals surface area contributed by atoms with E-state index >= 15 is 0 Å². The quantitative estimate of drug-likeness (QED) is 0.722. The van der Waals surface area contributed by atoms with Crippen LogP contribution in [0.1, 0.15) is 26.2 Å². The first-order chi connectivity index (χ1) is 6.18. The SMILES string of the molecule is CCC1(C2CC2)N[C@H](C(=O)O)CS1. The van der Waals surface area contributed by atoms with E-state index in [1.807, 2.05) is 0 Å². The highest BCUT2D eigenvalue weighted by molar-refractivity contribution is 8.01. The number of hydrogen-bond donors (Lipinski definition) is 2. The Balaban J connectivity index is 2.04. The predicted molar refractivity (Wildman–Crippen MR) is 52.8 cm³/mol. The van der Waals surface area contributed by atoms with Crippen molar-refractivity contribution in [2.24, 2.45) is 5.92 Å². The molecule has 1 aliphatic carbocycles. The van der Waals surface area contributed by atoms with E-state index < -0.39 is 5.97 Å². The Morgan fingerprint density at radius 1 is 1.69 bits per heavy atom. The van der Waals surface area contributed by atoms with Crippen molar-refractivity contribution in [2.45, 2.75) is 37.1 Å². The van der Waals surface area contributed by atoms with E-state index in [1.54, 1.807) is 11.8 Å². The normalized spacial score (nSPS) is 39.3. The number of carboxylic acids is 1. The maximum atomic E-state index is 10.8. The molecule has 13 heavy (non-hydrogen) atoms. The average molecular weight is 201 g/mol. The maximum absolute atomic E-state index is 10.8. The van der Waals surface area contributed by atoms with Crippen molar-refractivity contribution in [3.8, 4) is 0 Å². The zero-order valence-corrected chi connectivity index (χ0v) is 8.56. The molecule has 2 aliphatic rings. The second-order valence-corrected chi connectivity index (χ2v) is 5.21. The van der Waals surface area contributed by atoms with Crippen molar-refractivity contribution in [3.63, 3.8) is 0 Å². The molecule has 0 amide bonds. The highest BCUT2D eigenvalue weighted by Crippen LogP contribution is 2.50. The minimum Gasteiger partial charge on any atom is -0.480 e. The Kier molecular flexibility index (Phi) is 2.28. The van der Waals surface area contributed by atoms with Crippen molar-refractivity contribution in [3.05, 3.63) is 0 Å². The van der Waals surface area contributed by atoms with E-state index in [-0.39, 0.29) is 10.9 Å². The highest BCUT2D eigenvalue weighted by atomic mass is 32.2. The summed E-state index contributed by atoms with van der Waals surface area (Å²) >= 11 is 1.80.